The van der Waals surface area contributed by atoms with Crippen LogP contribution in [-0.2, 0) is 24.8 Å². The maximum absolute atomic E-state index is 13.8. The number of hydrogen-bond donors (Lipinski definition) is 1. The number of nitrogens with one attached hydrogen (secondary N) is 1. The first-order valence-corrected chi connectivity index (χ1v) is 8.95. The number of fused-ring (bicyclic) bond motifs is 1. The van der Waals surface area contributed by atoms with E-state index in [1.165, 1.54) is 24.2 Å². The second-order valence-corrected chi connectivity index (χ2v) is 6.62. The van der Waals surface area contributed by atoms with Crippen LogP contribution in [0.15, 0.2) is 48.8 Å². The van der Waals surface area contributed by atoms with Crippen LogP contribution in [0.25, 0.3) is 10.9 Å². The third-order valence-corrected chi connectivity index (χ3v) is 4.52. The molecular weight excluding hydrogens is 375 g/mol. The third kappa shape index (κ3) is 4.08. The number of hydrogen-bond acceptors (Lipinski definition) is 5. The first kappa shape index (κ1) is 18.6. The van der Waals surface area contributed by atoms with Gasteiger partial charge in [-0.1, -0.05) is 12.1 Å². The summed E-state index contributed by atoms with van der Waals surface area (Å²) in [6.45, 7) is 0.272. The maximum atomic E-state index is 13.8. The Morgan fingerprint density at radius 2 is 1.97 bits per heavy atom. The maximum Gasteiger partial charge on any atom is 0.230 e. The Hall–Kier alpha value is -3.75. The van der Waals surface area contributed by atoms with Gasteiger partial charge in [0.25, 0.3) is 0 Å². The number of aromatic nitrogens is 5. The molecule has 0 radical (unpaired) electrons. The first-order chi connectivity index (χ1) is 14.0. The van der Waals surface area contributed by atoms with Crippen molar-refractivity contribution in [1.29, 1.82) is 0 Å². The van der Waals surface area contributed by atoms with Crippen molar-refractivity contribution in [2.45, 2.75) is 13.0 Å². The molecule has 2 aromatic carbocycles. The predicted octanol–water partition coefficient (Wildman–Crippen LogP) is 2.54. The van der Waals surface area contributed by atoms with E-state index >= 15 is 0 Å². The molecule has 9 heteroatoms. The van der Waals surface area contributed by atoms with Gasteiger partial charge in [-0.3, -0.25) is 9.48 Å². The molecule has 0 bridgehead atoms. The predicted molar refractivity (Wildman–Crippen MR) is 105 cm³/mol. The molecule has 0 saturated carbocycles. The minimum absolute atomic E-state index is 0.180. The summed E-state index contributed by atoms with van der Waals surface area (Å²) in [5.74, 6) is -0.127. The minimum Gasteiger partial charge on any atom is -0.494 e. The number of nitrogens with zero attached hydrogens (tertiary/aromatic N) is 5. The molecule has 148 valence electrons. The molecule has 0 unspecified atom stereocenters. The summed E-state index contributed by atoms with van der Waals surface area (Å²) in [4.78, 5) is 13.7. The van der Waals surface area contributed by atoms with Crippen molar-refractivity contribution in [1.82, 2.24) is 24.8 Å². The Balaban J connectivity index is 1.38. The normalized spacial score (nSPS) is 11.0. The molecule has 8 nitrogen and oxygen atoms in total. The van der Waals surface area contributed by atoms with Gasteiger partial charge in [0, 0.05) is 12.4 Å². The van der Waals surface area contributed by atoms with E-state index in [4.69, 9.17) is 4.74 Å². The molecular formula is C20H19FN6O2. The molecule has 0 aliphatic rings. The van der Waals surface area contributed by atoms with E-state index in [0.29, 0.717) is 11.4 Å². The zero-order chi connectivity index (χ0) is 20.4. The third-order valence-electron chi connectivity index (χ3n) is 4.52. The smallest absolute Gasteiger partial charge is 0.230 e. The van der Waals surface area contributed by atoms with E-state index in [1.54, 1.807) is 23.0 Å². The lowest BCUT2D eigenvalue weighted by molar-refractivity contribution is -0.115. The fourth-order valence-corrected chi connectivity index (χ4v) is 3.10. The summed E-state index contributed by atoms with van der Waals surface area (Å²) >= 11 is 0. The lowest BCUT2D eigenvalue weighted by Gasteiger charge is -2.05. The van der Waals surface area contributed by atoms with Crippen molar-refractivity contribution in [2.75, 3.05) is 12.4 Å². The van der Waals surface area contributed by atoms with Crippen LogP contribution in [0.2, 0.25) is 0 Å². The van der Waals surface area contributed by atoms with Crippen LogP contribution < -0.4 is 10.1 Å². The lowest BCUT2D eigenvalue weighted by Crippen LogP contribution is -2.15. The molecule has 0 aliphatic carbocycles. The number of ether oxygens (including phenoxy) is 1. The van der Waals surface area contributed by atoms with Gasteiger partial charge in [-0.25, -0.2) is 4.39 Å². The number of carbonyl (C=O) groups is 1. The van der Waals surface area contributed by atoms with Gasteiger partial charge in [-0.2, -0.15) is 15.0 Å². The summed E-state index contributed by atoms with van der Waals surface area (Å²) in [6.07, 6.45) is 3.44. The fourth-order valence-electron chi connectivity index (χ4n) is 3.10. The van der Waals surface area contributed by atoms with Gasteiger partial charge in [-0.15, -0.1) is 5.10 Å². The Labute approximate surface area is 165 Å². The molecule has 0 spiro atoms. The highest BCUT2D eigenvalue weighted by atomic mass is 19.1. The molecule has 0 saturated heterocycles. The highest BCUT2D eigenvalue weighted by Gasteiger charge is 2.10. The highest BCUT2D eigenvalue weighted by Crippen LogP contribution is 2.18. The number of halogens is 1. The first-order valence-electron chi connectivity index (χ1n) is 8.95. The molecule has 1 amide bonds. The molecule has 0 atom stereocenters. The largest absolute Gasteiger partial charge is 0.494 e. The summed E-state index contributed by atoms with van der Waals surface area (Å²) < 4.78 is 20.5. The number of methoxy groups -OCH3 is 1. The van der Waals surface area contributed by atoms with Crippen LogP contribution in [-0.4, -0.2) is 37.8 Å². The molecule has 2 heterocycles. The van der Waals surface area contributed by atoms with Crippen LogP contribution in [0.5, 0.6) is 5.75 Å². The van der Waals surface area contributed by atoms with Gasteiger partial charge < -0.3 is 10.1 Å². The van der Waals surface area contributed by atoms with Gasteiger partial charge in [0.05, 0.1) is 38.0 Å². The van der Waals surface area contributed by atoms with Gasteiger partial charge in [0.15, 0.2) is 17.4 Å². The van der Waals surface area contributed by atoms with Crippen molar-refractivity contribution in [3.05, 3.63) is 65.7 Å². The molecule has 29 heavy (non-hydrogen) atoms. The van der Waals surface area contributed by atoms with Crippen molar-refractivity contribution in [3.63, 3.8) is 0 Å². The van der Waals surface area contributed by atoms with Gasteiger partial charge in [0.1, 0.15) is 0 Å². The molecule has 1 N–H and O–H groups in total. The molecule has 4 rings (SSSR count). The molecule has 0 aliphatic heterocycles. The topological polar surface area (TPSA) is 86.9 Å². The summed E-state index contributed by atoms with van der Waals surface area (Å²) in [5, 5.41) is 16.2. The number of anilines is 1. The van der Waals surface area contributed by atoms with Crippen LogP contribution in [0.4, 0.5) is 10.2 Å². The number of aryl methyl sites for hydroxylation is 1. The summed E-state index contributed by atoms with van der Waals surface area (Å²) in [5.41, 5.74) is 2.57. The monoisotopic (exact) mass is 394 g/mol. The van der Waals surface area contributed by atoms with Crippen molar-refractivity contribution >= 4 is 22.6 Å². The van der Waals surface area contributed by atoms with Crippen LogP contribution in [0.3, 0.4) is 0 Å². The van der Waals surface area contributed by atoms with Gasteiger partial charge in [-0.05, 0) is 35.4 Å². The van der Waals surface area contributed by atoms with E-state index in [1.807, 2.05) is 25.2 Å². The van der Waals surface area contributed by atoms with Gasteiger partial charge >= 0.3 is 0 Å². The Morgan fingerprint density at radius 3 is 2.76 bits per heavy atom. The fraction of sp³-hybridized carbons (Fsp3) is 0.200. The number of carbonyl (C=O) groups excluding carboxylic acids is 1. The average molecular weight is 394 g/mol. The van der Waals surface area contributed by atoms with Crippen LogP contribution in [0, 0.1) is 5.82 Å². The lowest BCUT2D eigenvalue weighted by atomic mass is 10.1. The highest BCUT2D eigenvalue weighted by molar-refractivity contribution is 5.92. The Kier molecular flexibility index (Phi) is 4.94. The molecule has 4 aromatic rings. The van der Waals surface area contributed by atoms with Gasteiger partial charge in [0.2, 0.25) is 5.91 Å². The zero-order valence-corrected chi connectivity index (χ0v) is 16.0. The second-order valence-electron chi connectivity index (χ2n) is 6.62. The summed E-state index contributed by atoms with van der Waals surface area (Å²) in [6, 6.07) is 10.4. The average Bonchev–Trinajstić information content (AvgIpc) is 3.28. The van der Waals surface area contributed by atoms with E-state index in [-0.39, 0.29) is 24.6 Å². The quantitative estimate of drug-likeness (QED) is 0.543. The van der Waals surface area contributed by atoms with Crippen molar-refractivity contribution in [2.24, 2.45) is 7.05 Å². The molecule has 0 fully saturated rings. The Morgan fingerprint density at radius 1 is 1.14 bits per heavy atom. The second kappa shape index (κ2) is 7.70. The number of benzene rings is 2. The standard InChI is InChI=1S/C20H19FN6O2/c1-26-17-5-3-13(7-15(17)10-22-26)9-20(28)24-19-11-23-27(25-19)12-14-4-6-18(29-2)16(21)8-14/h3-8,10-11H,9,12H2,1-2H3,(H,24,25,28). The van der Waals surface area contributed by atoms with E-state index in [0.717, 1.165) is 16.5 Å². The minimum atomic E-state index is -0.448. The SMILES string of the molecule is COc1ccc(Cn2ncc(NC(=O)Cc3ccc4c(cnn4C)c3)n2)cc1F. The molecule has 2 aromatic heterocycles. The van der Waals surface area contributed by atoms with E-state index in [2.05, 4.69) is 20.6 Å². The van der Waals surface area contributed by atoms with Crippen LogP contribution >= 0.6 is 0 Å². The summed E-state index contributed by atoms with van der Waals surface area (Å²) in [7, 11) is 3.29. The van der Waals surface area contributed by atoms with Crippen molar-refractivity contribution in [3.8, 4) is 5.75 Å². The Bertz CT molecular complexity index is 1180. The number of amides is 1. The number of rotatable bonds is 6. The van der Waals surface area contributed by atoms with E-state index in [9.17, 15) is 9.18 Å². The van der Waals surface area contributed by atoms with E-state index < -0.39 is 5.82 Å². The van der Waals surface area contributed by atoms with Crippen LogP contribution in [0.1, 0.15) is 11.1 Å². The van der Waals surface area contributed by atoms with Crippen molar-refractivity contribution < 1.29 is 13.9 Å². The zero-order valence-electron chi connectivity index (χ0n) is 16.0.